The molecule has 1 saturated heterocycles. The lowest BCUT2D eigenvalue weighted by Crippen LogP contribution is -2.39. The van der Waals surface area contributed by atoms with Crippen molar-refractivity contribution in [2.45, 2.75) is 17.2 Å². The van der Waals surface area contributed by atoms with Gasteiger partial charge in [0, 0.05) is 18.8 Å². The zero-order valence-corrected chi connectivity index (χ0v) is 16.6. The summed E-state index contributed by atoms with van der Waals surface area (Å²) in [5.41, 5.74) is 0.877. The third-order valence-electron chi connectivity index (χ3n) is 3.97. The van der Waals surface area contributed by atoms with Crippen LogP contribution in [0.1, 0.15) is 12.8 Å². The van der Waals surface area contributed by atoms with Crippen molar-refractivity contribution in [3.8, 4) is 5.75 Å². The summed E-state index contributed by atoms with van der Waals surface area (Å²) in [6.45, 7) is 1.64. The van der Waals surface area contributed by atoms with E-state index in [-0.39, 0.29) is 24.1 Å². The normalized spacial score (nSPS) is 13.4. The Morgan fingerprint density at radius 1 is 1.22 bits per heavy atom. The standard InChI is InChI=1S/C17H21N5O3S2/c1-25-13-6-4-12(5-7-13)19-16-20-21-17(27-16)26-11-14(23)18-10-15(24)22-8-2-3-9-22/h4-7H,2-3,8-11H2,1H3,(H,18,23)(H,19,20). The van der Waals surface area contributed by atoms with Gasteiger partial charge in [-0.1, -0.05) is 23.1 Å². The highest BCUT2D eigenvalue weighted by atomic mass is 32.2. The molecule has 2 aromatic rings. The van der Waals surface area contributed by atoms with Crippen LogP contribution in [-0.2, 0) is 9.59 Å². The third-order valence-corrected chi connectivity index (χ3v) is 5.94. The summed E-state index contributed by atoms with van der Waals surface area (Å²) in [6.07, 6.45) is 2.08. The largest absolute Gasteiger partial charge is 0.497 e. The maximum absolute atomic E-state index is 11.9. The highest BCUT2D eigenvalue weighted by Gasteiger charge is 2.18. The fourth-order valence-corrected chi connectivity index (χ4v) is 4.15. The monoisotopic (exact) mass is 407 g/mol. The van der Waals surface area contributed by atoms with E-state index >= 15 is 0 Å². The topological polar surface area (TPSA) is 96.5 Å². The molecule has 2 N–H and O–H groups in total. The van der Waals surface area contributed by atoms with Crippen LogP contribution in [0.4, 0.5) is 10.8 Å². The molecular weight excluding hydrogens is 386 g/mol. The van der Waals surface area contributed by atoms with Gasteiger partial charge in [0.2, 0.25) is 16.9 Å². The molecule has 2 amide bonds. The maximum atomic E-state index is 11.9. The van der Waals surface area contributed by atoms with Crippen LogP contribution in [0.15, 0.2) is 28.6 Å². The number of likely N-dealkylation sites (tertiary alicyclic amines) is 1. The quantitative estimate of drug-likeness (QED) is 0.647. The predicted molar refractivity (Wildman–Crippen MR) is 106 cm³/mol. The lowest BCUT2D eigenvalue weighted by atomic mass is 10.3. The number of amides is 2. The molecule has 0 radical (unpaired) electrons. The van der Waals surface area contributed by atoms with Crippen molar-refractivity contribution < 1.29 is 14.3 Å². The molecule has 1 fully saturated rings. The van der Waals surface area contributed by atoms with Crippen molar-refractivity contribution >= 4 is 45.7 Å². The van der Waals surface area contributed by atoms with Gasteiger partial charge in [0.15, 0.2) is 4.34 Å². The summed E-state index contributed by atoms with van der Waals surface area (Å²) in [6, 6.07) is 7.48. The molecule has 144 valence electrons. The van der Waals surface area contributed by atoms with Crippen LogP contribution in [0.3, 0.4) is 0 Å². The Balaban J connectivity index is 1.40. The number of hydrogen-bond acceptors (Lipinski definition) is 8. The van der Waals surface area contributed by atoms with E-state index in [1.165, 1.54) is 23.1 Å². The molecule has 0 unspecified atom stereocenters. The zero-order valence-electron chi connectivity index (χ0n) is 14.9. The number of benzene rings is 1. The molecule has 1 aromatic heterocycles. The van der Waals surface area contributed by atoms with Crippen molar-refractivity contribution in [3.63, 3.8) is 0 Å². The van der Waals surface area contributed by atoms with Gasteiger partial charge in [-0.2, -0.15) is 0 Å². The second kappa shape index (κ2) is 9.56. The van der Waals surface area contributed by atoms with Gasteiger partial charge in [-0.3, -0.25) is 9.59 Å². The van der Waals surface area contributed by atoms with Crippen LogP contribution in [0.25, 0.3) is 0 Å². The number of rotatable bonds is 8. The average Bonchev–Trinajstić information content (AvgIpc) is 3.37. The molecule has 1 aliphatic rings. The minimum absolute atomic E-state index is 0.0206. The molecule has 10 heteroatoms. The Morgan fingerprint density at radius 2 is 1.96 bits per heavy atom. The summed E-state index contributed by atoms with van der Waals surface area (Å²) in [7, 11) is 1.62. The van der Waals surface area contributed by atoms with Gasteiger partial charge in [0.25, 0.3) is 0 Å². The van der Waals surface area contributed by atoms with Crippen molar-refractivity contribution in [1.29, 1.82) is 0 Å². The predicted octanol–water partition coefficient (Wildman–Crippen LogP) is 2.12. The number of thioether (sulfide) groups is 1. The second-order valence-corrected chi connectivity index (χ2v) is 8.08. The lowest BCUT2D eigenvalue weighted by molar-refractivity contribution is -0.131. The van der Waals surface area contributed by atoms with Crippen LogP contribution in [-0.4, -0.2) is 59.4 Å². The number of carbonyl (C=O) groups is 2. The van der Waals surface area contributed by atoms with Gasteiger partial charge in [-0.15, -0.1) is 10.2 Å². The summed E-state index contributed by atoms with van der Waals surface area (Å²) in [4.78, 5) is 25.6. The first-order chi connectivity index (χ1) is 13.1. The summed E-state index contributed by atoms with van der Waals surface area (Å²) in [5.74, 6) is 0.771. The van der Waals surface area contributed by atoms with E-state index in [1.54, 1.807) is 12.0 Å². The first kappa shape index (κ1) is 19.4. The second-order valence-electron chi connectivity index (χ2n) is 5.88. The van der Waals surface area contributed by atoms with Crippen molar-refractivity contribution in [3.05, 3.63) is 24.3 Å². The molecule has 1 aromatic carbocycles. The van der Waals surface area contributed by atoms with Crippen LogP contribution < -0.4 is 15.4 Å². The summed E-state index contributed by atoms with van der Waals surface area (Å²) >= 11 is 2.67. The van der Waals surface area contributed by atoms with Crippen LogP contribution in [0.2, 0.25) is 0 Å². The molecule has 2 heterocycles. The minimum Gasteiger partial charge on any atom is -0.497 e. The van der Waals surface area contributed by atoms with Crippen molar-refractivity contribution in [2.24, 2.45) is 0 Å². The van der Waals surface area contributed by atoms with E-state index in [9.17, 15) is 9.59 Å². The molecule has 0 atom stereocenters. The van der Waals surface area contributed by atoms with E-state index in [1.807, 2.05) is 24.3 Å². The Labute approximate surface area is 165 Å². The first-order valence-electron chi connectivity index (χ1n) is 8.56. The first-order valence-corrected chi connectivity index (χ1v) is 10.4. The molecule has 0 saturated carbocycles. The molecule has 0 bridgehead atoms. The fourth-order valence-electron chi connectivity index (χ4n) is 2.55. The molecule has 27 heavy (non-hydrogen) atoms. The Bertz CT molecular complexity index is 775. The van der Waals surface area contributed by atoms with E-state index < -0.39 is 0 Å². The third kappa shape index (κ3) is 5.83. The molecule has 1 aliphatic heterocycles. The van der Waals surface area contributed by atoms with Crippen LogP contribution in [0, 0.1) is 0 Å². The number of aromatic nitrogens is 2. The van der Waals surface area contributed by atoms with E-state index in [0.29, 0.717) is 9.47 Å². The number of hydrogen-bond donors (Lipinski definition) is 2. The molecule has 8 nitrogen and oxygen atoms in total. The van der Waals surface area contributed by atoms with E-state index in [4.69, 9.17) is 4.74 Å². The van der Waals surface area contributed by atoms with Crippen molar-refractivity contribution in [2.75, 3.05) is 37.8 Å². The highest BCUT2D eigenvalue weighted by Crippen LogP contribution is 2.28. The maximum Gasteiger partial charge on any atom is 0.241 e. The smallest absolute Gasteiger partial charge is 0.241 e. The molecule has 3 rings (SSSR count). The lowest BCUT2D eigenvalue weighted by Gasteiger charge is -2.15. The van der Waals surface area contributed by atoms with Gasteiger partial charge in [0.05, 0.1) is 19.4 Å². The zero-order chi connectivity index (χ0) is 19.1. The van der Waals surface area contributed by atoms with E-state index in [0.717, 1.165) is 37.4 Å². The SMILES string of the molecule is COc1ccc(Nc2nnc(SCC(=O)NCC(=O)N3CCCC3)s2)cc1. The van der Waals surface area contributed by atoms with Gasteiger partial charge >= 0.3 is 0 Å². The molecule has 0 spiro atoms. The van der Waals surface area contributed by atoms with Gasteiger partial charge in [-0.25, -0.2) is 0 Å². The number of nitrogens with one attached hydrogen (secondary N) is 2. The van der Waals surface area contributed by atoms with Gasteiger partial charge < -0.3 is 20.3 Å². The van der Waals surface area contributed by atoms with Gasteiger partial charge in [0.1, 0.15) is 5.75 Å². The fraction of sp³-hybridized carbons (Fsp3) is 0.412. The van der Waals surface area contributed by atoms with Gasteiger partial charge in [-0.05, 0) is 37.1 Å². The summed E-state index contributed by atoms with van der Waals surface area (Å²) < 4.78 is 5.81. The molecular formula is C17H21N5O3S2. The van der Waals surface area contributed by atoms with Crippen LogP contribution >= 0.6 is 23.1 Å². The number of ether oxygens (including phenoxy) is 1. The number of carbonyl (C=O) groups excluding carboxylic acids is 2. The number of anilines is 2. The van der Waals surface area contributed by atoms with E-state index in [2.05, 4.69) is 20.8 Å². The minimum atomic E-state index is -0.188. The Morgan fingerprint density at radius 3 is 2.67 bits per heavy atom. The number of nitrogens with zero attached hydrogens (tertiary/aromatic N) is 3. The van der Waals surface area contributed by atoms with Crippen molar-refractivity contribution in [1.82, 2.24) is 20.4 Å². The summed E-state index contributed by atoms with van der Waals surface area (Å²) in [5, 5.41) is 14.6. The molecule has 0 aliphatic carbocycles. The highest BCUT2D eigenvalue weighted by molar-refractivity contribution is 8.01. The Kier molecular flexibility index (Phi) is 6.88. The number of methoxy groups -OCH3 is 1. The average molecular weight is 408 g/mol. The Hall–Kier alpha value is -2.33. The van der Waals surface area contributed by atoms with Crippen LogP contribution in [0.5, 0.6) is 5.75 Å².